The highest BCUT2D eigenvalue weighted by Crippen LogP contribution is 2.22. The molecule has 0 unspecified atom stereocenters. The number of hydrogen-bond donors (Lipinski definition) is 3. The molecule has 1 aromatic rings. The molecule has 1 heterocycles. The molecule has 0 aliphatic heterocycles. The van der Waals surface area contributed by atoms with E-state index in [4.69, 9.17) is 22.7 Å². The SMILES string of the molecule is CCNc1nc(C)c(C(=N)N)cc1Cl. The molecular weight excluding hydrogens is 200 g/mol. The summed E-state index contributed by atoms with van der Waals surface area (Å²) in [6, 6.07) is 1.66. The normalized spacial score (nSPS) is 9.93. The first-order chi connectivity index (χ1) is 6.56. The lowest BCUT2D eigenvalue weighted by Crippen LogP contribution is -2.14. The minimum atomic E-state index is -0.0139. The Kier molecular flexibility index (Phi) is 3.30. The molecule has 1 aromatic heterocycles. The molecule has 0 aromatic carbocycles. The Labute approximate surface area is 88.0 Å². The van der Waals surface area contributed by atoms with E-state index in [-0.39, 0.29) is 5.84 Å². The summed E-state index contributed by atoms with van der Waals surface area (Å²) in [4.78, 5) is 4.22. The Balaban J connectivity index is 3.17. The molecule has 4 nitrogen and oxygen atoms in total. The van der Waals surface area contributed by atoms with Crippen molar-refractivity contribution in [3.05, 3.63) is 22.3 Å². The molecule has 0 atom stereocenters. The van der Waals surface area contributed by atoms with Crippen LogP contribution in [0.4, 0.5) is 5.82 Å². The summed E-state index contributed by atoms with van der Waals surface area (Å²) in [7, 11) is 0. The number of nitrogens with two attached hydrogens (primary N) is 1. The van der Waals surface area contributed by atoms with E-state index in [0.29, 0.717) is 22.1 Å². The zero-order valence-corrected chi connectivity index (χ0v) is 8.94. The molecule has 0 aliphatic carbocycles. The number of aromatic nitrogens is 1. The van der Waals surface area contributed by atoms with Gasteiger partial charge in [0.25, 0.3) is 0 Å². The topological polar surface area (TPSA) is 74.8 Å². The quantitative estimate of drug-likeness (QED) is 0.528. The average molecular weight is 213 g/mol. The number of anilines is 1. The second-order valence-electron chi connectivity index (χ2n) is 2.90. The summed E-state index contributed by atoms with van der Waals surface area (Å²) in [5.74, 6) is 0.622. The van der Waals surface area contributed by atoms with Crippen molar-refractivity contribution < 1.29 is 0 Å². The van der Waals surface area contributed by atoms with Crippen LogP contribution in [0.1, 0.15) is 18.2 Å². The monoisotopic (exact) mass is 212 g/mol. The number of rotatable bonds is 3. The predicted octanol–water partition coefficient (Wildman–Crippen LogP) is 1.76. The van der Waals surface area contributed by atoms with E-state index in [1.165, 1.54) is 0 Å². The standard InChI is InChI=1S/C9H13ClN4/c1-3-13-9-7(10)4-6(8(11)12)5(2)14-9/h4H,3H2,1-2H3,(H3,11,12)(H,13,14). The van der Waals surface area contributed by atoms with Gasteiger partial charge in [0.1, 0.15) is 11.7 Å². The molecular formula is C9H13ClN4. The van der Waals surface area contributed by atoms with Gasteiger partial charge < -0.3 is 11.1 Å². The van der Waals surface area contributed by atoms with Gasteiger partial charge in [-0.15, -0.1) is 0 Å². The van der Waals surface area contributed by atoms with Crippen molar-refractivity contribution in [2.75, 3.05) is 11.9 Å². The van der Waals surface area contributed by atoms with E-state index >= 15 is 0 Å². The van der Waals surface area contributed by atoms with Gasteiger partial charge in [-0.3, -0.25) is 5.41 Å². The van der Waals surface area contributed by atoms with Crippen LogP contribution in [-0.4, -0.2) is 17.4 Å². The van der Waals surface area contributed by atoms with Crippen molar-refractivity contribution in [3.63, 3.8) is 0 Å². The van der Waals surface area contributed by atoms with E-state index in [1.54, 1.807) is 13.0 Å². The summed E-state index contributed by atoms with van der Waals surface area (Å²) in [6.45, 7) is 4.52. The second kappa shape index (κ2) is 4.28. The zero-order valence-electron chi connectivity index (χ0n) is 8.19. The van der Waals surface area contributed by atoms with Gasteiger partial charge in [-0.05, 0) is 19.9 Å². The number of nitrogens with one attached hydrogen (secondary N) is 2. The summed E-state index contributed by atoms with van der Waals surface area (Å²) >= 11 is 5.95. The molecule has 5 heteroatoms. The molecule has 0 spiro atoms. The average Bonchev–Trinajstić information content (AvgIpc) is 2.10. The highest BCUT2D eigenvalue weighted by atomic mass is 35.5. The van der Waals surface area contributed by atoms with Crippen molar-refractivity contribution in [1.82, 2.24) is 4.98 Å². The minimum absolute atomic E-state index is 0.0139. The van der Waals surface area contributed by atoms with E-state index < -0.39 is 0 Å². The van der Waals surface area contributed by atoms with Gasteiger partial charge in [-0.1, -0.05) is 11.6 Å². The first kappa shape index (κ1) is 10.8. The molecule has 0 radical (unpaired) electrons. The lowest BCUT2D eigenvalue weighted by Gasteiger charge is -2.09. The first-order valence-corrected chi connectivity index (χ1v) is 4.69. The van der Waals surface area contributed by atoms with Gasteiger partial charge in [0.15, 0.2) is 0 Å². The van der Waals surface area contributed by atoms with Crippen molar-refractivity contribution in [2.24, 2.45) is 5.73 Å². The third kappa shape index (κ3) is 2.14. The molecule has 1 rings (SSSR count). The van der Waals surface area contributed by atoms with Gasteiger partial charge >= 0.3 is 0 Å². The molecule has 14 heavy (non-hydrogen) atoms. The fourth-order valence-electron chi connectivity index (χ4n) is 1.14. The van der Waals surface area contributed by atoms with Gasteiger partial charge in [0, 0.05) is 12.1 Å². The number of nitrogens with zero attached hydrogens (tertiary/aromatic N) is 1. The van der Waals surface area contributed by atoms with Crippen molar-refractivity contribution >= 4 is 23.3 Å². The number of pyridine rings is 1. The maximum atomic E-state index is 7.30. The van der Waals surface area contributed by atoms with Crippen LogP contribution in [0.5, 0.6) is 0 Å². The summed E-state index contributed by atoms with van der Waals surface area (Å²) in [6.07, 6.45) is 0. The highest BCUT2D eigenvalue weighted by Gasteiger charge is 2.08. The van der Waals surface area contributed by atoms with Gasteiger partial charge in [0.2, 0.25) is 0 Å². The van der Waals surface area contributed by atoms with Crippen LogP contribution in [0.25, 0.3) is 0 Å². The van der Waals surface area contributed by atoms with E-state index in [2.05, 4.69) is 10.3 Å². The van der Waals surface area contributed by atoms with Crippen LogP contribution < -0.4 is 11.1 Å². The number of aryl methyl sites for hydroxylation is 1. The molecule has 0 fully saturated rings. The Bertz CT molecular complexity index is 362. The molecule has 76 valence electrons. The van der Waals surface area contributed by atoms with Gasteiger partial charge in [0.05, 0.1) is 10.7 Å². The van der Waals surface area contributed by atoms with Gasteiger partial charge in [-0.2, -0.15) is 0 Å². The number of hydrogen-bond acceptors (Lipinski definition) is 3. The Morgan fingerprint density at radius 2 is 2.36 bits per heavy atom. The lowest BCUT2D eigenvalue weighted by molar-refractivity contribution is 1.12. The largest absolute Gasteiger partial charge is 0.384 e. The van der Waals surface area contributed by atoms with Crippen molar-refractivity contribution in [1.29, 1.82) is 5.41 Å². The van der Waals surface area contributed by atoms with Gasteiger partial charge in [-0.25, -0.2) is 4.98 Å². The third-order valence-corrected chi connectivity index (χ3v) is 2.09. The molecule has 0 amide bonds. The van der Waals surface area contributed by atoms with Crippen LogP contribution in [0.15, 0.2) is 6.07 Å². The number of nitrogen functional groups attached to an aromatic ring is 1. The molecule has 0 saturated heterocycles. The fraction of sp³-hybridized carbons (Fsp3) is 0.333. The third-order valence-electron chi connectivity index (χ3n) is 1.80. The second-order valence-corrected chi connectivity index (χ2v) is 3.30. The highest BCUT2D eigenvalue weighted by molar-refractivity contribution is 6.33. The summed E-state index contributed by atoms with van der Waals surface area (Å²) in [5.41, 5.74) is 6.66. The number of halogens is 1. The molecule has 0 saturated carbocycles. The van der Waals surface area contributed by atoms with E-state index in [1.807, 2.05) is 6.92 Å². The number of amidine groups is 1. The lowest BCUT2D eigenvalue weighted by atomic mass is 10.2. The van der Waals surface area contributed by atoms with E-state index in [0.717, 1.165) is 6.54 Å². The summed E-state index contributed by atoms with van der Waals surface area (Å²) < 4.78 is 0. The molecule has 0 aliphatic rings. The van der Waals surface area contributed by atoms with Crippen molar-refractivity contribution in [3.8, 4) is 0 Å². The maximum Gasteiger partial charge on any atom is 0.145 e. The predicted molar refractivity (Wildman–Crippen MR) is 59.2 cm³/mol. The fourth-order valence-corrected chi connectivity index (χ4v) is 1.36. The van der Waals surface area contributed by atoms with Crippen LogP contribution in [0.2, 0.25) is 5.02 Å². The minimum Gasteiger partial charge on any atom is -0.384 e. The van der Waals surface area contributed by atoms with Crippen molar-refractivity contribution in [2.45, 2.75) is 13.8 Å². The van der Waals surface area contributed by atoms with E-state index in [9.17, 15) is 0 Å². The maximum absolute atomic E-state index is 7.30. The van der Waals surface area contributed by atoms with Crippen LogP contribution >= 0.6 is 11.6 Å². The summed E-state index contributed by atoms with van der Waals surface area (Å²) in [5, 5.41) is 10.8. The smallest absolute Gasteiger partial charge is 0.145 e. The Morgan fingerprint density at radius 1 is 1.71 bits per heavy atom. The first-order valence-electron chi connectivity index (χ1n) is 4.31. The van der Waals surface area contributed by atoms with Crippen LogP contribution in [0, 0.1) is 12.3 Å². The van der Waals surface area contributed by atoms with Crippen LogP contribution in [0.3, 0.4) is 0 Å². The molecule has 4 N–H and O–H groups in total. The van der Waals surface area contributed by atoms with Crippen LogP contribution in [-0.2, 0) is 0 Å². The Hall–Kier alpha value is -1.29. The zero-order chi connectivity index (χ0) is 10.7. The Morgan fingerprint density at radius 3 is 2.86 bits per heavy atom. The molecule has 0 bridgehead atoms.